The molecule has 1 heterocycles. The fourth-order valence-corrected chi connectivity index (χ4v) is 2.21. The second-order valence-electron chi connectivity index (χ2n) is 4.08. The molecule has 1 aliphatic rings. The van der Waals surface area contributed by atoms with Crippen LogP contribution >= 0.6 is 0 Å². The van der Waals surface area contributed by atoms with Crippen LogP contribution in [0.5, 0.6) is 0 Å². The van der Waals surface area contributed by atoms with E-state index in [4.69, 9.17) is 0 Å². The zero-order valence-corrected chi connectivity index (χ0v) is 9.94. The minimum Gasteiger partial charge on any atom is -0.320 e. The molecule has 1 aromatic rings. The first-order chi connectivity index (χ1) is 7.77. The molecule has 0 unspecified atom stereocenters. The highest BCUT2D eigenvalue weighted by molar-refractivity contribution is 5.94. The molecule has 0 aliphatic carbocycles. The van der Waals surface area contributed by atoms with Gasteiger partial charge in [-0.25, -0.2) is 4.79 Å². The fraction of sp³-hybridized carbons (Fsp3) is 0.462. The number of carbonyl (C=O) groups excluding carboxylic acids is 1. The molecule has 2 rings (SSSR count). The summed E-state index contributed by atoms with van der Waals surface area (Å²) in [7, 11) is 0. The Hall–Kier alpha value is -1.51. The molecular weight excluding hydrogens is 200 g/mol. The first-order valence-corrected chi connectivity index (χ1v) is 5.92. The van der Waals surface area contributed by atoms with E-state index in [-0.39, 0.29) is 6.03 Å². The first-order valence-electron chi connectivity index (χ1n) is 5.92. The maximum absolute atomic E-state index is 12.2. The van der Waals surface area contributed by atoms with Gasteiger partial charge in [0, 0.05) is 19.6 Å². The fourth-order valence-electron chi connectivity index (χ4n) is 2.21. The molecule has 1 aromatic carbocycles. The zero-order valence-electron chi connectivity index (χ0n) is 9.94. The van der Waals surface area contributed by atoms with Crippen LogP contribution in [-0.4, -0.2) is 24.0 Å². The van der Waals surface area contributed by atoms with Gasteiger partial charge in [-0.05, 0) is 25.0 Å². The Balaban J connectivity index is 2.35. The summed E-state index contributed by atoms with van der Waals surface area (Å²) in [5.41, 5.74) is 2.32. The molecule has 1 aliphatic heterocycles. The number of benzene rings is 1. The number of nitrogens with zero attached hydrogens (tertiary/aromatic N) is 2. The normalized spacial score (nSPS) is 15.2. The number of rotatable bonds is 3. The Kier molecular flexibility index (Phi) is 3.13. The second-order valence-corrected chi connectivity index (χ2v) is 4.08. The molecular formula is C13H18N2O. The van der Waals surface area contributed by atoms with Crippen molar-refractivity contribution in [1.82, 2.24) is 4.90 Å². The van der Waals surface area contributed by atoms with Crippen LogP contribution in [-0.2, 0) is 6.54 Å². The standard InChI is InChI=1S/C13H18N2O/c1-3-9-14-10-11-7-5-6-8-12(11)15(4-2)13(14)16/h5-8H,3-4,9-10H2,1-2H3. The molecule has 0 saturated heterocycles. The predicted octanol–water partition coefficient (Wildman–Crippen LogP) is 2.86. The van der Waals surface area contributed by atoms with Crippen LogP contribution < -0.4 is 4.90 Å². The van der Waals surface area contributed by atoms with E-state index in [0.29, 0.717) is 0 Å². The summed E-state index contributed by atoms with van der Waals surface area (Å²) in [5.74, 6) is 0. The van der Waals surface area contributed by atoms with E-state index in [1.165, 1.54) is 5.56 Å². The Bertz CT molecular complexity index is 389. The van der Waals surface area contributed by atoms with Crippen molar-refractivity contribution >= 4 is 11.7 Å². The average Bonchev–Trinajstić information content (AvgIpc) is 2.31. The third-order valence-electron chi connectivity index (χ3n) is 2.95. The van der Waals surface area contributed by atoms with Crippen molar-refractivity contribution in [2.24, 2.45) is 0 Å². The predicted molar refractivity (Wildman–Crippen MR) is 65.6 cm³/mol. The van der Waals surface area contributed by atoms with E-state index < -0.39 is 0 Å². The molecule has 3 heteroatoms. The van der Waals surface area contributed by atoms with Crippen molar-refractivity contribution in [2.45, 2.75) is 26.8 Å². The summed E-state index contributed by atoms with van der Waals surface area (Å²) in [6, 6.07) is 8.30. The average molecular weight is 218 g/mol. The van der Waals surface area contributed by atoms with Crippen molar-refractivity contribution in [3.63, 3.8) is 0 Å². The number of fused-ring (bicyclic) bond motifs is 1. The van der Waals surface area contributed by atoms with Crippen LogP contribution in [0, 0.1) is 0 Å². The lowest BCUT2D eigenvalue weighted by molar-refractivity contribution is 0.198. The quantitative estimate of drug-likeness (QED) is 0.765. The molecule has 0 radical (unpaired) electrons. The van der Waals surface area contributed by atoms with Gasteiger partial charge in [0.05, 0.1) is 5.69 Å². The summed E-state index contributed by atoms with van der Waals surface area (Å²) < 4.78 is 0. The van der Waals surface area contributed by atoms with Gasteiger partial charge < -0.3 is 4.90 Å². The third-order valence-corrected chi connectivity index (χ3v) is 2.95. The van der Waals surface area contributed by atoms with Crippen LogP contribution in [0.25, 0.3) is 0 Å². The van der Waals surface area contributed by atoms with E-state index in [1.807, 2.05) is 34.9 Å². The molecule has 0 atom stereocenters. The van der Waals surface area contributed by atoms with Crippen LogP contribution in [0.15, 0.2) is 24.3 Å². The molecule has 0 fully saturated rings. The van der Waals surface area contributed by atoms with Crippen LogP contribution in [0.3, 0.4) is 0 Å². The van der Waals surface area contributed by atoms with Crippen molar-refractivity contribution < 1.29 is 4.79 Å². The molecule has 0 spiro atoms. The largest absolute Gasteiger partial charge is 0.324 e. The molecule has 3 nitrogen and oxygen atoms in total. The highest BCUT2D eigenvalue weighted by Crippen LogP contribution is 2.27. The number of carbonyl (C=O) groups is 1. The van der Waals surface area contributed by atoms with Crippen molar-refractivity contribution in [3.05, 3.63) is 29.8 Å². The summed E-state index contributed by atoms with van der Waals surface area (Å²) >= 11 is 0. The smallest absolute Gasteiger partial charge is 0.320 e. The van der Waals surface area contributed by atoms with Gasteiger partial charge in [0.15, 0.2) is 0 Å². The number of hydrogen-bond donors (Lipinski definition) is 0. The van der Waals surface area contributed by atoms with E-state index >= 15 is 0 Å². The molecule has 16 heavy (non-hydrogen) atoms. The lowest BCUT2D eigenvalue weighted by atomic mass is 10.1. The van der Waals surface area contributed by atoms with E-state index in [1.54, 1.807) is 0 Å². The van der Waals surface area contributed by atoms with Gasteiger partial charge in [0.2, 0.25) is 0 Å². The maximum Gasteiger partial charge on any atom is 0.324 e. The summed E-state index contributed by atoms with van der Waals surface area (Å²) in [5, 5.41) is 0. The summed E-state index contributed by atoms with van der Waals surface area (Å²) in [6.07, 6.45) is 1.01. The molecule has 0 saturated carbocycles. The number of urea groups is 1. The van der Waals surface area contributed by atoms with Gasteiger partial charge in [-0.15, -0.1) is 0 Å². The summed E-state index contributed by atoms with van der Waals surface area (Å²) in [6.45, 7) is 6.44. The minimum atomic E-state index is 0.142. The van der Waals surface area contributed by atoms with Gasteiger partial charge >= 0.3 is 6.03 Å². The van der Waals surface area contributed by atoms with E-state index in [9.17, 15) is 4.79 Å². The Morgan fingerprint density at radius 1 is 1.25 bits per heavy atom. The van der Waals surface area contributed by atoms with Crippen LogP contribution in [0.1, 0.15) is 25.8 Å². The van der Waals surface area contributed by atoms with Crippen LogP contribution in [0.4, 0.5) is 10.5 Å². The van der Waals surface area contributed by atoms with E-state index in [2.05, 4.69) is 13.0 Å². The number of hydrogen-bond acceptors (Lipinski definition) is 1. The van der Waals surface area contributed by atoms with Gasteiger partial charge in [-0.1, -0.05) is 25.1 Å². The zero-order chi connectivity index (χ0) is 11.5. The van der Waals surface area contributed by atoms with Gasteiger partial charge in [-0.3, -0.25) is 4.90 Å². The monoisotopic (exact) mass is 218 g/mol. The number of amides is 2. The minimum absolute atomic E-state index is 0.142. The lowest BCUT2D eigenvalue weighted by Gasteiger charge is -2.36. The Labute approximate surface area is 96.7 Å². The van der Waals surface area contributed by atoms with E-state index in [0.717, 1.165) is 31.7 Å². The SMILES string of the molecule is CCCN1Cc2ccccc2N(CC)C1=O. The number of para-hydroxylation sites is 1. The highest BCUT2D eigenvalue weighted by Gasteiger charge is 2.27. The van der Waals surface area contributed by atoms with Gasteiger partial charge in [0.1, 0.15) is 0 Å². The Morgan fingerprint density at radius 2 is 2.00 bits per heavy atom. The molecule has 86 valence electrons. The molecule has 0 bridgehead atoms. The van der Waals surface area contributed by atoms with Gasteiger partial charge in [0.25, 0.3) is 0 Å². The number of anilines is 1. The molecule has 0 N–H and O–H groups in total. The summed E-state index contributed by atoms with van der Waals surface area (Å²) in [4.78, 5) is 15.9. The topological polar surface area (TPSA) is 23.6 Å². The van der Waals surface area contributed by atoms with Crippen LogP contribution in [0.2, 0.25) is 0 Å². The van der Waals surface area contributed by atoms with Crippen molar-refractivity contribution in [2.75, 3.05) is 18.0 Å². The second kappa shape index (κ2) is 4.56. The lowest BCUT2D eigenvalue weighted by Crippen LogP contribution is -2.47. The highest BCUT2D eigenvalue weighted by atomic mass is 16.2. The Morgan fingerprint density at radius 3 is 2.69 bits per heavy atom. The van der Waals surface area contributed by atoms with Crippen molar-refractivity contribution in [3.8, 4) is 0 Å². The molecule has 0 aromatic heterocycles. The molecule has 2 amide bonds. The maximum atomic E-state index is 12.2. The van der Waals surface area contributed by atoms with Gasteiger partial charge in [-0.2, -0.15) is 0 Å². The third kappa shape index (κ3) is 1.77. The van der Waals surface area contributed by atoms with Crippen molar-refractivity contribution in [1.29, 1.82) is 0 Å². The first kappa shape index (κ1) is 11.0.